The lowest BCUT2D eigenvalue weighted by Gasteiger charge is -2.07. The summed E-state index contributed by atoms with van der Waals surface area (Å²) in [6, 6.07) is 8.00. The van der Waals surface area contributed by atoms with Gasteiger partial charge >= 0.3 is 0 Å². The van der Waals surface area contributed by atoms with Gasteiger partial charge in [-0.2, -0.15) is 0 Å². The van der Waals surface area contributed by atoms with Crippen molar-refractivity contribution in [2.24, 2.45) is 5.73 Å². The van der Waals surface area contributed by atoms with Crippen molar-refractivity contribution >= 4 is 16.9 Å². The van der Waals surface area contributed by atoms with Crippen molar-refractivity contribution in [1.29, 1.82) is 0 Å². The first-order valence-corrected chi connectivity index (χ1v) is 6.75. The molecule has 0 aliphatic rings. The van der Waals surface area contributed by atoms with E-state index in [1.54, 1.807) is 0 Å². The first kappa shape index (κ1) is 14.5. The van der Waals surface area contributed by atoms with E-state index in [4.69, 9.17) is 10.5 Å². The number of carbonyl (C=O) groups is 1. The topological polar surface area (TPSA) is 82.2 Å². The van der Waals surface area contributed by atoms with Crippen LogP contribution in [0.15, 0.2) is 30.6 Å². The minimum Gasteiger partial charge on any atom is -0.370 e. The molecule has 0 saturated heterocycles. The smallest absolute Gasteiger partial charge is 0.245 e. The van der Waals surface area contributed by atoms with Gasteiger partial charge in [-0.1, -0.05) is 12.1 Å². The number of carbonyl (C=O) groups excluding carboxylic acids is 1. The maximum Gasteiger partial charge on any atom is 0.245 e. The fourth-order valence-electron chi connectivity index (χ4n) is 1.96. The average molecular weight is 276 g/mol. The zero-order chi connectivity index (χ0) is 14.2. The number of rotatable bonds is 8. The average Bonchev–Trinajstić information content (AvgIpc) is 2.87. The maximum atomic E-state index is 11.4. The van der Waals surface area contributed by atoms with E-state index in [1.165, 1.54) is 0 Å². The highest BCUT2D eigenvalue weighted by molar-refractivity contribution is 5.77. The lowest BCUT2D eigenvalue weighted by Crippen LogP contribution is -2.29. The van der Waals surface area contributed by atoms with Gasteiger partial charge in [-0.3, -0.25) is 4.79 Å². The molecule has 1 aromatic carbocycles. The van der Waals surface area contributed by atoms with E-state index in [1.807, 2.05) is 30.6 Å². The number of aryl methyl sites for hydroxylation is 1. The summed E-state index contributed by atoms with van der Waals surface area (Å²) in [5, 5.41) is 2.81. The Kier molecular flexibility index (Phi) is 5.52. The van der Waals surface area contributed by atoms with Gasteiger partial charge in [0.15, 0.2) is 0 Å². The summed E-state index contributed by atoms with van der Waals surface area (Å²) >= 11 is 0. The Hall–Kier alpha value is -1.92. The molecule has 0 spiro atoms. The minimum atomic E-state index is -0.103. The molecule has 1 aromatic heterocycles. The van der Waals surface area contributed by atoms with Crippen LogP contribution in [0.5, 0.6) is 0 Å². The van der Waals surface area contributed by atoms with E-state index < -0.39 is 0 Å². The second-order valence-electron chi connectivity index (χ2n) is 4.47. The Bertz CT molecular complexity index is 553. The Balaban J connectivity index is 1.70. The van der Waals surface area contributed by atoms with Gasteiger partial charge in [-0.25, -0.2) is 4.98 Å². The summed E-state index contributed by atoms with van der Waals surface area (Å²) in [6.07, 6.45) is 2.68. The summed E-state index contributed by atoms with van der Waals surface area (Å²) in [7, 11) is 0. The number of amides is 1. The molecule has 3 N–H and O–H groups in total. The van der Waals surface area contributed by atoms with E-state index in [0.29, 0.717) is 19.7 Å². The van der Waals surface area contributed by atoms with Crippen LogP contribution in [0.25, 0.3) is 11.0 Å². The van der Waals surface area contributed by atoms with E-state index in [0.717, 1.165) is 24.0 Å². The second kappa shape index (κ2) is 7.62. The first-order valence-electron chi connectivity index (χ1n) is 6.75. The molecule has 0 aliphatic heterocycles. The van der Waals surface area contributed by atoms with Gasteiger partial charge in [0.1, 0.15) is 6.61 Å². The monoisotopic (exact) mass is 276 g/mol. The number of imidazole rings is 1. The molecule has 20 heavy (non-hydrogen) atoms. The zero-order valence-corrected chi connectivity index (χ0v) is 11.4. The quantitative estimate of drug-likeness (QED) is 0.689. The number of benzene rings is 1. The molecule has 0 unspecified atom stereocenters. The molecule has 6 heteroatoms. The molecule has 1 amide bonds. The normalized spacial score (nSPS) is 10.8. The number of fused-ring (bicyclic) bond motifs is 1. The van der Waals surface area contributed by atoms with Crippen LogP contribution < -0.4 is 11.1 Å². The number of para-hydroxylation sites is 2. The Morgan fingerprint density at radius 2 is 2.25 bits per heavy atom. The van der Waals surface area contributed by atoms with E-state index in [-0.39, 0.29) is 12.5 Å². The van der Waals surface area contributed by atoms with E-state index in [9.17, 15) is 4.79 Å². The summed E-state index contributed by atoms with van der Waals surface area (Å²) < 4.78 is 7.14. The predicted octanol–water partition coefficient (Wildman–Crippen LogP) is 0.518. The third-order valence-electron chi connectivity index (χ3n) is 2.92. The third-order valence-corrected chi connectivity index (χ3v) is 2.92. The van der Waals surface area contributed by atoms with Crippen molar-refractivity contribution in [3.63, 3.8) is 0 Å². The number of aromatic nitrogens is 2. The number of nitrogens with two attached hydrogens (primary N) is 1. The molecule has 108 valence electrons. The summed E-state index contributed by atoms with van der Waals surface area (Å²) in [6.45, 7) is 2.36. The Morgan fingerprint density at radius 3 is 3.10 bits per heavy atom. The lowest BCUT2D eigenvalue weighted by molar-refractivity contribution is -0.125. The van der Waals surface area contributed by atoms with Gasteiger partial charge in [0.25, 0.3) is 0 Å². The second-order valence-corrected chi connectivity index (χ2v) is 4.47. The van der Waals surface area contributed by atoms with Crippen molar-refractivity contribution < 1.29 is 9.53 Å². The SMILES string of the molecule is NCCOCC(=O)NCCCn1cnc2ccccc21. The molecule has 0 saturated carbocycles. The number of ether oxygens (including phenoxy) is 1. The number of hydrogen-bond acceptors (Lipinski definition) is 4. The molecular formula is C14H20N4O2. The van der Waals surface area contributed by atoms with E-state index >= 15 is 0 Å². The minimum absolute atomic E-state index is 0.0746. The maximum absolute atomic E-state index is 11.4. The van der Waals surface area contributed by atoms with Crippen molar-refractivity contribution in [1.82, 2.24) is 14.9 Å². The molecule has 6 nitrogen and oxygen atoms in total. The van der Waals surface area contributed by atoms with Crippen LogP contribution in [-0.2, 0) is 16.1 Å². The zero-order valence-electron chi connectivity index (χ0n) is 11.4. The lowest BCUT2D eigenvalue weighted by atomic mass is 10.3. The van der Waals surface area contributed by atoms with Gasteiger partial charge < -0.3 is 20.4 Å². The Morgan fingerprint density at radius 1 is 1.40 bits per heavy atom. The molecule has 0 aliphatic carbocycles. The highest BCUT2D eigenvalue weighted by atomic mass is 16.5. The fraction of sp³-hybridized carbons (Fsp3) is 0.429. The van der Waals surface area contributed by atoms with Gasteiger partial charge in [-0.05, 0) is 18.6 Å². The summed E-state index contributed by atoms with van der Waals surface area (Å²) in [4.78, 5) is 15.7. The molecular weight excluding hydrogens is 256 g/mol. The standard InChI is InChI=1S/C14H20N4O2/c15-6-9-20-10-14(19)16-7-3-8-18-11-17-12-4-1-2-5-13(12)18/h1-2,4-5,11H,3,6-10,15H2,(H,16,19). The summed E-state index contributed by atoms with van der Waals surface area (Å²) in [5.74, 6) is -0.103. The molecule has 0 bridgehead atoms. The van der Waals surface area contributed by atoms with Gasteiger partial charge in [0.05, 0.1) is 24.0 Å². The van der Waals surface area contributed by atoms with Crippen molar-refractivity contribution in [2.75, 3.05) is 26.3 Å². The van der Waals surface area contributed by atoms with Crippen LogP contribution in [0, 0.1) is 0 Å². The number of hydrogen-bond donors (Lipinski definition) is 2. The first-order chi connectivity index (χ1) is 9.81. The van der Waals surface area contributed by atoms with Crippen LogP contribution >= 0.6 is 0 Å². The molecule has 0 atom stereocenters. The number of nitrogens with one attached hydrogen (secondary N) is 1. The third kappa shape index (κ3) is 4.04. The van der Waals surface area contributed by atoms with Gasteiger partial charge in [0, 0.05) is 19.6 Å². The van der Waals surface area contributed by atoms with Crippen LogP contribution in [0.2, 0.25) is 0 Å². The van der Waals surface area contributed by atoms with Gasteiger partial charge in [0.2, 0.25) is 5.91 Å². The van der Waals surface area contributed by atoms with Crippen LogP contribution in [0.3, 0.4) is 0 Å². The molecule has 2 aromatic rings. The summed E-state index contributed by atoms with van der Waals surface area (Å²) in [5.41, 5.74) is 7.38. The van der Waals surface area contributed by atoms with Crippen molar-refractivity contribution in [3.8, 4) is 0 Å². The van der Waals surface area contributed by atoms with Crippen molar-refractivity contribution in [2.45, 2.75) is 13.0 Å². The van der Waals surface area contributed by atoms with E-state index in [2.05, 4.69) is 14.9 Å². The predicted molar refractivity (Wildman–Crippen MR) is 77.2 cm³/mol. The Labute approximate surface area is 117 Å². The van der Waals surface area contributed by atoms with Crippen LogP contribution in [-0.4, -0.2) is 41.8 Å². The number of nitrogens with zero attached hydrogens (tertiary/aromatic N) is 2. The van der Waals surface area contributed by atoms with Crippen molar-refractivity contribution in [3.05, 3.63) is 30.6 Å². The molecule has 1 heterocycles. The fourth-order valence-corrected chi connectivity index (χ4v) is 1.96. The molecule has 0 fully saturated rings. The molecule has 2 rings (SSSR count). The van der Waals surface area contributed by atoms with Crippen LogP contribution in [0.1, 0.15) is 6.42 Å². The molecule has 0 radical (unpaired) electrons. The van der Waals surface area contributed by atoms with Gasteiger partial charge in [-0.15, -0.1) is 0 Å². The highest BCUT2D eigenvalue weighted by Crippen LogP contribution is 2.11. The highest BCUT2D eigenvalue weighted by Gasteiger charge is 2.02. The largest absolute Gasteiger partial charge is 0.370 e. The van der Waals surface area contributed by atoms with Crippen LogP contribution in [0.4, 0.5) is 0 Å².